The van der Waals surface area contributed by atoms with Gasteiger partial charge in [-0.15, -0.1) is 0 Å². The number of carbonyl (C=O) groups excluding carboxylic acids is 1. The Hall–Kier alpha value is -2.77. The third-order valence-electron chi connectivity index (χ3n) is 4.63. The Kier molecular flexibility index (Phi) is 5.36. The Bertz CT molecular complexity index is 979. The summed E-state index contributed by atoms with van der Waals surface area (Å²) >= 11 is 5.86. The summed E-state index contributed by atoms with van der Waals surface area (Å²) in [5.41, 5.74) is 0.827. The molecule has 1 aliphatic rings. The van der Waals surface area contributed by atoms with Gasteiger partial charge >= 0.3 is 0 Å². The van der Waals surface area contributed by atoms with E-state index in [1.165, 1.54) is 18.2 Å². The van der Waals surface area contributed by atoms with Gasteiger partial charge in [-0.1, -0.05) is 35.0 Å². The second-order valence-electron chi connectivity index (χ2n) is 6.70. The van der Waals surface area contributed by atoms with Gasteiger partial charge in [0.15, 0.2) is 5.82 Å². The van der Waals surface area contributed by atoms with Crippen molar-refractivity contribution in [1.82, 2.24) is 20.4 Å². The van der Waals surface area contributed by atoms with E-state index in [1.807, 2.05) is 30.3 Å². The summed E-state index contributed by atoms with van der Waals surface area (Å²) in [6.45, 7) is 1.93. The number of likely N-dealkylation sites (tertiary alicyclic amines) is 1. The average molecular weight is 401 g/mol. The van der Waals surface area contributed by atoms with Gasteiger partial charge in [-0.2, -0.15) is 4.98 Å². The predicted molar refractivity (Wildman–Crippen MR) is 102 cm³/mol. The van der Waals surface area contributed by atoms with Crippen molar-refractivity contribution in [1.29, 1.82) is 0 Å². The molecule has 0 radical (unpaired) electrons. The van der Waals surface area contributed by atoms with Crippen LogP contribution in [0.2, 0.25) is 5.02 Å². The van der Waals surface area contributed by atoms with Gasteiger partial charge in [-0.05, 0) is 36.8 Å². The van der Waals surface area contributed by atoms with Crippen molar-refractivity contribution in [2.24, 2.45) is 0 Å². The molecule has 1 atom stereocenters. The molecule has 0 bridgehead atoms. The smallest absolute Gasteiger partial charge is 0.257 e. The lowest BCUT2D eigenvalue weighted by molar-refractivity contribution is 0.0933. The number of hydrogen-bond donors (Lipinski definition) is 1. The fourth-order valence-electron chi connectivity index (χ4n) is 3.24. The number of hydrogen-bond acceptors (Lipinski definition) is 5. The summed E-state index contributed by atoms with van der Waals surface area (Å²) in [4.78, 5) is 18.9. The van der Waals surface area contributed by atoms with Gasteiger partial charge in [0.05, 0.1) is 12.1 Å². The maximum Gasteiger partial charge on any atom is 0.257 e. The zero-order valence-electron chi connectivity index (χ0n) is 14.9. The van der Waals surface area contributed by atoms with Crippen molar-refractivity contribution < 1.29 is 13.7 Å². The zero-order valence-corrected chi connectivity index (χ0v) is 15.7. The highest BCUT2D eigenvalue weighted by Crippen LogP contribution is 2.19. The van der Waals surface area contributed by atoms with Crippen LogP contribution in [0.3, 0.4) is 0 Å². The molecule has 0 unspecified atom stereocenters. The molecule has 1 amide bonds. The quantitative estimate of drug-likeness (QED) is 0.709. The molecule has 1 aromatic heterocycles. The second kappa shape index (κ2) is 8.08. The molecule has 1 saturated heterocycles. The Morgan fingerprint density at radius 1 is 1.29 bits per heavy atom. The minimum atomic E-state index is -0.586. The molecule has 144 valence electrons. The van der Waals surface area contributed by atoms with Crippen molar-refractivity contribution in [3.63, 3.8) is 0 Å². The molecule has 0 saturated carbocycles. The fourth-order valence-corrected chi connectivity index (χ4v) is 3.42. The first-order valence-corrected chi connectivity index (χ1v) is 9.32. The van der Waals surface area contributed by atoms with Crippen LogP contribution in [-0.4, -0.2) is 40.1 Å². The van der Waals surface area contributed by atoms with Crippen molar-refractivity contribution >= 4 is 17.5 Å². The van der Waals surface area contributed by atoms with E-state index in [2.05, 4.69) is 20.4 Å². The normalized spacial score (nSPS) is 17.0. The highest BCUT2D eigenvalue weighted by molar-refractivity contribution is 6.31. The van der Waals surface area contributed by atoms with Gasteiger partial charge in [0.2, 0.25) is 0 Å². The lowest BCUT2D eigenvalue weighted by atomic mass is 10.1. The Morgan fingerprint density at radius 2 is 2.11 bits per heavy atom. The third-order valence-corrected chi connectivity index (χ3v) is 4.87. The first-order valence-electron chi connectivity index (χ1n) is 8.95. The molecular formula is C20H18ClFN4O2. The number of aromatic nitrogens is 2. The highest BCUT2D eigenvalue weighted by Gasteiger charge is 2.26. The standard InChI is InChI=1S/C20H18ClFN4O2/c21-14-6-7-17(22)16(10-14)19(27)23-15-8-9-26(11-15)12-18-24-20(28-25-18)13-4-2-1-3-5-13/h1-7,10,15H,8-9,11-12H2,(H,23,27)/t15-/m0/s1. The summed E-state index contributed by atoms with van der Waals surface area (Å²) < 4.78 is 19.2. The minimum absolute atomic E-state index is 0.0448. The van der Waals surface area contributed by atoms with Gasteiger partial charge < -0.3 is 9.84 Å². The maximum atomic E-state index is 13.8. The van der Waals surface area contributed by atoms with Crippen LogP contribution in [0.1, 0.15) is 22.6 Å². The molecule has 6 nitrogen and oxygen atoms in total. The molecule has 8 heteroatoms. The Morgan fingerprint density at radius 3 is 2.93 bits per heavy atom. The van der Waals surface area contributed by atoms with Gasteiger partial charge in [0.1, 0.15) is 5.82 Å². The van der Waals surface area contributed by atoms with E-state index in [9.17, 15) is 9.18 Å². The van der Waals surface area contributed by atoms with E-state index >= 15 is 0 Å². The van der Waals surface area contributed by atoms with E-state index in [-0.39, 0.29) is 11.6 Å². The van der Waals surface area contributed by atoms with E-state index in [0.717, 1.165) is 18.5 Å². The van der Waals surface area contributed by atoms with Crippen molar-refractivity contribution in [3.05, 3.63) is 70.8 Å². The Balaban J connectivity index is 1.34. The first kappa shape index (κ1) is 18.6. The van der Waals surface area contributed by atoms with Gasteiger partial charge in [0, 0.05) is 29.7 Å². The van der Waals surface area contributed by atoms with Crippen molar-refractivity contribution in [2.75, 3.05) is 13.1 Å². The first-order chi connectivity index (χ1) is 13.6. The van der Waals surface area contributed by atoms with Crippen LogP contribution in [0.15, 0.2) is 53.1 Å². The molecule has 1 N–H and O–H groups in total. The van der Waals surface area contributed by atoms with E-state index < -0.39 is 11.7 Å². The fraction of sp³-hybridized carbons (Fsp3) is 0.250. The van der Waals surface area contributed by atoms with E-state index in [0.29, 0.717) is 29.8 Å². The SMILES string of the molecule is O=C(N[C@H]1CCN(Cc2noc(-c3ccccc3)n2)C1)c1cc(Cl)ccc1F. The topological polar surface area (TPSA) is 71.3 Å². The van der Waals surface area contributed by atoms with Crippen LogP contribution in [0, 0.1) is 5.82 Å². The van der Waals surface area contributed by atoms with Crippen molar-refractivity contribution in [3.8, 4) is 11.5 Å². The molecule has 4 rings (SSSR count). The zero-order chi connectivity index (χ0) is 19.5. The van der Waals surface area contributed by atoms with Crippen LogP contribution in [-0.2, 0) is 6.54 Å². The van der Waals surface area contributed by atoms with Gasteiger partial charge in [-0.3, -0.25) is 9.69 Å². The number of nitrogens with one attached hydrogen (secondary N) is 1. The Labute approximate surface area is 166 Å². The summed E-state index contributed by atoms with van der Waals surface area (Å²) in [6.07, 6.45) is 0.761. The molecule has 1 aliphatic heterocycles. The van der Waals surface area contributed by atoms with Crippen molar-refractivity contribution in [2.45, 2.75) is 19.0 Å². The number of benzene rings is 2. The molecule has 2 aromatic carbocycles. The predicted octanol–water partition coefficient (Wildman–Crippen LogP) is 3.53. The molecule has 1 fully saturated rings. The molecule has 0 spiro atoms. The van der Waals surface area contributed by atoms with Crippen LogP contribution in [0.5, 0.6) is 0 Å². The molecule has 28 heavy (non-hydrogen) atoms. The van der Waals surface area contributed by atoms with Crippen LogP contribution >= 0.6 is 11.6 Å². The molecule has 3 aromatic rings. The van der Waals surface area contributed by atoms with Crippen LogP contribution < -0.4 is 5.32 Å². The lowest BCUT2D eigenvalue weighted by Crippen LogP contribution is -2.37. The van der Waals surface area contributed by atoms with Crippen LogP contribution in [0.25, 0.3) is 11.5 Å². The van der Waals surface area contributed by atoms with Gasteiger partial charge in [0.25, 0.3) is 11.8 Å². The monoisotopic (exact) mass is 400 g/mol. The van der Waals surface area contributed by atoms with E-state index in [1.54, 1.807) is 0 Å². The summed E-state index contributed by atoms with van der Waals surface area (Å²) in [7, 11) is 0. The average Bonchev–Trinajstić information content (AvgIpc) is 3.34. The van der Waals surface area contributed by atoms with E-state index in [4.69, 9.17) is 16.1 Å². The number of halogens is 2. The number of nitrogens with zero attached hydrogens (tertiary/aromatic N) is 3. The largest absolute Gasteiger partial charge is 0.348 e. The number of amides is 1. The second-order valence-corrected chi connectivity index (χ2v) is 7.14. The maximum absolute atomic E-state index is 13.8. The number of carbonyl (C=O) groups is 1. The molecular weight excluding hydrogens is 383 g/mol. The lowest BCUT2D eigenvalue weighted by Gasteiger charge is -2.15. The summed E-state index contributed by atoms with van der Waals surface area (Å²) in [5.74, 6) is 0.0255. The number of rotatable bonds is 5. The summed E-state index contributed by atoms with van der Waals surface area (Å²) in [6, 6.07) is 13.4. The molecule has 2 heterocycles. The summed E-state index contributed by atoms with van der Waals surface area (Å²) in [5, 5.41) is 7.22. The van der Waals surface area contributed by atoms with Gasteiger partial charge in [-0.25, -0.2) is 4.39 Å². The minimum Gasteiger partial charge on any atom is -0.348 e. The molecule has 0 aliphatic carbocycles. The highest BCUT2D eigenvalue weighted by atomic mass is 35.5. The third kappa shape index (κ3) is 4.21. The van der Waals surface area contributed by atoms with Crippen LogP contribution in [0.4, 0.5) is 4.39 Å².